The molecular weight excluding hydrogens is 184 g/mol. The predicted octanol–water partition coefficient (Wildman–Crippen LogP) is 3.21. The van der Waals surface area contributed by atoms with Crippen LogP contribution in [0.2, 0.25) is 0 Å². The number of terminal acetylenes is 1. The molecule has 0 heterocycles. The standard InChI is InChI=1S/C14H20O/c1-2-14(15)12-10-8-6-4-3-5-7-9-11-13-14/h1,4,6-7,9,15H,3,5,8,10-13H2/b6-4-,9-7-. The molecular formula is C14H20O. The molecule has 0 aromatic carbocycles. The topological polar surface area (TPSA) is 20.2 Å². The molecule has 0 saturated carbocycles. The van der Waals surface area contributed by atoms with Gasteiger partial charge in [-0.3, -0.25) is 0 Å². The maximum Gasteiger partial charge on any atom is 0.125 e. The Hall–Kier alpha value is -1.00. The van der Waals surface area contributed by atoms with Gasteiger partial charge in [0.05, 0.1) is 0 Å². The van der Waals surface area contributed by atoms with Gasteiger partial charge in [-0.2, -0.15) is 0 Å². The van der Waals surface area contributed by atoms with E-state index in [0.717, 1.165) is 32.1 Å². The number of hydrogen-bond donors (Lipinski definition) is 1. The molecule has 0 saturated heterocycles. The largest absolute Gasteiger partial charge is 0.378 e. The van der Waals surface area contributed by atoms with Crippen molar-refractivity contribution in [2.24, 2.45) is 0 Å². The van der Waals surface area contributed by atoms with E-state index in [1.54, 1.807) is 0 Å². The summed E-state index contributed by atoms with van der Waals surface area (Å²) in [5.74, 6) is 2.53. The van der Waals surface area contributed by atoms with E-state index in [1.165, 1.54) is 0 Å². The Morgan fingerprint density at radius 3 is 2.20 bits per heavy atom. The van der Waals surface area contributed by atoms with E-state index in [4.69, 9.17) is 6.42 Å². The minimum absolute atomic E-state index is 0.684. The van der Waals surface area contributed by atoms with Gasteiger partial charge >= 0.3 is 0 Å². The lowest BCUT2D eigenvalue weighted by Gasteiger charge is -2.21. The van der Waals surface area contributed by atoms with Crippen LogP contribution in [0.25, 0.3) is 0 Å². The third-order valence-corrected chi connectivity index (χ3v) is 2.79. The van der Waals surface area contributed by atoms with Gasteiger partial charge in [0, 0.05) is 0 Å². The second-order valence-corrected chi connectivity index (χ2v) is 4.13. The van der Waals surface area contributed by atoms with Gasteiger partial charge in [-0.25, -0.2) is 0 Å². The minimum Gasteiger partial charge on any atom is -0.378 e. The van der Waals surface area contributed by atoms with Crippen LogP contribution >= 0.6 is 0 Å². The van der Waals surface area contributed by atoms with E-state index in [9.17, 15) is 5.11 Å². The molecule has 0 radical (unpaired) electrons. The molecule has 0 aromatic heterocycles. The smallest absolute Gasteiger partial charge is 0.125 e. The van der Waals surface area contributed by atoms with Gasteiger partial charge in [-0.1, -0.05) is 30.2 Å². The normalized spacial score (nSPS) is 33.1. The van der Waals surface area contributed by atoms with E-state index in [0.29, 0.717) is 12.8 Å². The summed E-state index contributed by atoms with van der Waals surface area (Å²) < 4.78 is 0. The molecule has 1 nitrogen and oxygen atoms in total. The van der Waals surface area contributed by atoms with Crippen molar-refractivity contribution in [1.82, 2.24) is 0 Å². The predicted molar refractivity (Wildman–Crippen MR) is 64.4 cm³/mol. The van der Waals surface area contributed by atoms with Gasteiger partial charge < -0.3 is 5.11 Å². The van der Waals surface area contributed by atoms with Crippen LogP contribution in [0, 0.1) is 12.3 Å². The Labute approximate surface area is 92.9 Å². The zero-order valence-corrected chi connectivity index (χ0v) is 9.28. The van der Waals surface area contributed by atoms with Crippen molar-refractivity contribution in [1.29, 1.82) is 0 Å². The lowest BCUT2D eigenvalue weighted by Crippen LogP contribution is -2.25. The third-order valence-electron chi connectivity index (χ3n) is 2.79. The van der Waals surface area contributed by atoms with Gasteiger partial charge in [-0.05, 0) is 44.9 Å². The molecule has 0 aliphatic heterocycles. The second-order valence-electron chi connectivity index (χ2n) is 4.13. The Morgan fingerprint density at radius 2 is 1.53 bits per heavy atom. The van der Waals surface area contributed by atoms with Crippen LogP contribution < -0.4 is 0 Å². The highest BCUT2D eigenvalue weighted by Gasteiger charge is 2.21. The van der Waals surface area contributed by atoms with E-state index < -0.39 is 5.60 Å². The monoisotopic (exact) mass is 204 g/mol. The Balaban J connectivity index is 2.53. The molecule has 0 amide bonds. The number of hydrogen-bond acceptors (Lipinski definition) is 1. The second kappa shape index (κ2) is 6.48. The lowest BCUT2D eigenvalue weighted by atomic mass is 9.92. The molecule has 1 N–H and O–H groups in total. The summed E-state index contributed by atoms with van der Waals surface area (Å²) in [7, 11) is 0. The summed E-state index contributed by atoms with van der Waals surface area (Å²) >= 11 is 0. The summed E-state index contributed by atoms with van der Waals surface area (Å²) in [6.07, 6.45) is 20.5. The number of aliphatic hydroxyl groups is 1. The van der Waals surface area contributed by atoms with Crippen LogP contribution in [0.5, 0.6) is 0 Å². The molecule has 1 heteroatoms. The maximum atomic E-state index is 10.1. The van der Waals surface area contributed by atoms with Gasteiger partial charge in [0.2, 0.25) is 0 Å². The molecule has 1 atom stereocenters. The Kier molecular flexibility index (Phi) is 5.21. The summed E-state index contributed by atoms with van der Waals surface area (Å²) in [5, 5.41) is 10.1. The van der Waals surface area contributed by atoms with Crippen molar-refractivity contribution in [2.75, 3.05) is 0 Å². The highest BCUT2D eigenvalue weighted by atomic mass is 16.3. The fourth-order valence-corrected chi connectivity index (χ4v) is 1.77. The molecule has 0 aromatic rings. The highest BCUT2D eigenvalue weighted by Crippen LogP contribution is 2.20. The molecule has 15 heavy (non-hydrogen) atoms. The van der Waals surface area contributed by atoms with Gasteiger partial charge in [0.1, 0.15) is 5.60 Å². The highest BCUT2D eigenvalue weighted by molar-refractivity contribution is 5.08. The van der Waals surface area contributed by atoms with Crippen LogP contribution in [0.1, 0.15) is 44.9 Å². The molecule has 1 aliphatic carbocycles. The van der Waals surface area contributed by atoms with E-state index in [1.807, 2.05) is 0 Å². The van der Waals surface area contributed by atoms with Crippen LogP contribution in [-0.2, 0) is 0 Å². The van der Waals surface area contributed by atoms with Crippen LogP contribution in [0.4, 0.5) is 0 Å². The molecule has 1 unspecified atom stereocenters. The first kappa shape index (κ1) is 12.1. The fourth-order valence-electron chi connectivity index (χ4n) is 1.77. The fraction of sp³-hybridized carbons (Fsp3) is 0.571. The SMILES string of the molecule is C#CC1(O)CC/C=C\CC/C=C\CCC1. The first-order valence-electron chi connectivity index (χ1n) is 5.77. The van der Waals surface area contributed by atoms with Gasteiger partial charge in [-0.15, -0.1) is 6.42 Å². The average Bonchev–Trinajstić information content (AvgIpc) is 2.23. The average molecular weight is 204 g/mol. The summed E-state index contributed by atoms with van der Waals surface area (Å²) in [6, 6.07) is 0. The summed E-state index contributed by atoms with van der Waals surface area (Å²) in [6.45, 7) is 0. The van der Waals surface area contributed by atoms with E-state index in [2.05, 4.69) is 30.2 Å². The Morgan fingerprint density at radius 1 is 0.933 bits per heavy atom. The van der Waals surface area contributed by atoms with E-state index >= 15 is 0 Å². The van der Waals surface area contributed by atoms with E-state index in [-0.39, 0.29) is 0 Å². The summed E-state index contributed by atoms with van der Waals surface area (Å²) in [4.78, 5) is 0. The molecule has 1 rings (SSSR count). The van der Waals surface area contributed by atoms with Gasteiger partial charge in [0.15, 0.2) is 0 Å². The van der Waals surface area contributed by atoms with Crippen molar-refractivity contribution in [3.8, 4) is 12.3 Å². The van der Waals surface area contributed by atoms with Crippen LogP contribution in [-0.4, -0.2) is 10.7 Å². The lowest BCUT2D eigenvalue weighted by molar-refractivity contribution is 0.0815. The van der Waals surface area contributed by atoms with Crippen molar-refractivity contribution in [2.45, 2.75) is 50.5 Å². The van der Waals surface area contributed by atoms with Crippen molar-refractivity contribution >= 4 is 0 Å². The summed E-state index contributed by atoms with van der Waals surface area (Å²) in [5.41, 5.74) is -0.891. The first-order valence-corrected chi connectivity index (χ1v) is 5.77. The number of rotatable bonds is 0. The van der Waals surface area contributed by atoms with Crippen LogP contribution in [0.15, 0.2) is 24.3 Å². The van der Waals surface area contributed by atoms with Gasteiger partial charge in [0.25, 0.3) is 0 Å². The quantitative estimate of drug-likeness (QED) is 0.474. The molecule has 0 spiro atoms. The molecule has 82 valence electrons. The van der Waals surface area contributed by atoms with Crippen molar-refractivity contribution in [3.63, 3.8) is 0 Å². The third kappa shape index (κ3) is 4.85. The number of allylic oxidation sites excluding steroid dienone is 4. The minimum atomic E-state index is -0.891. The molecule has 0 fully saturated rings. The van der Waals surface area contributed by atoms with Crippen LogP contribution in [0.3, 0.4) is 0 Å². The zero-order chi connectivity index (χ0) is 11.0. The molecule has 1 aliphatic rings. The van der Waals surface area contributed by atoms with Crippen molar-refractivity contribution < 1.29 is 5.11 Å². The first-order chi connectivity index (χ1) is 7.27. The Bertz CT molecular complexity index is 270. The zero-order valence-electron chi connectivity index (χ0n) is 9.28. The van der Waals surface area contributed by atoms with Crippen molar-refractivity contribution in [3.05, 3.63) is 24.3 Å². The maximum absolute atomic E-state index is 10.1. The molecule has 0 bridgehead atoms.